The van der Waals surface area contributed by atoms with Gasteiger partial charge in [-0.1, -0.05) is 12.1 Å². The van der Waals surface area contributed by atoms with Crippen LogP contribution in [0.25, 0.3) is 6.08 Å². The maximum absolute atomic E-state index is 12.9. The lowest BCUT2D eigenvalue weighted by Gasteiger charge is -2.13. The largest absolute Gasteiger partial charge is 0.494 e. The Morgan fingerprint density at radius 1 is 1.07 bits per heavy atom. The molecule has 0 unspecified atom stereocenters. The Kier molecular flexibility index (Phi) is 9.36. The monoisotopic (exact) mass is 627 g/mol. The van der Waals surface area contributed by atoms with E-state index in [0.717, 1.165) is 11.0 Å². The van der Waals surface area contributed by atoms with Gasteiger partial charge in [0, 0.05) is 17.3 Å². The predicted octanol–water partition coefficient (Wildman–Crippen LogP) is 4.75. The summed E-state index contributed by atoms with van der Waals surface area (Å²) >= 11 is 0.641. The summed E-state index contributed by atoms with van der Waals surface area (Å²) < 4.78 is 41.5. The van der Waals surface area contributed by atoms with Gasteiger partial charge < -0.3 is 19.0 Å². The summed E-state index contributed by atoms with van der Waals surface area (Å²) in [6.07, 6.45) is 1.39. The highest BCUT2D eigenvalue weighted by atomic mass is 32.2. The van der Waals surface area contributed by atoms with Crippen molar-refractivity contribution in [1.82, 2.24) is 4.90 Å². The number of carbonyl (C=O) groups is 3. The Hall–Kier alpha value is -4.89. The van der Waals surface area contributed by atoms with Gasteiger partial charge in [-0.05, 0) is 79.7 Å². The number of amides is 3. The summed E-state index contributed by atoms with van der Waals surface area (Å²) in [5.74, 6) is -0.850. The predicted molar refractivity (Wildman–Crippen MR) is 158 cm³/mol. The zero-order chi connectivity index (χ0) is 31.3. The smallest absolute Gasteiger partial charge is 0.339 e. The number of hydrogen-bond acceptors (Lipinski definition) is 11. The molecule has 1 N–H and O–H groups in total. The maximum Gasteiger partial charge on any atom is 0.339 e. The molecule has 1 aliphatic heterocycles. The van der Waals surface area contributed by atoms with Crippen molar-refractivity contribution in [2.75, 3.05) is 25.6 Å². The third-order valence-electron chi connectivity index (χ3n) is 5.98. The van der Waals surface area contributed by atoms with Crippen LogP contribution in [-0.4, -0.2) is 55.6 Å². The number of carbonyl (C=O) groups excluding carboxylic acids is 3. The number of rotatable bonds is 11. The number of methoxy groups -OCH3 is 1. The number of nitro groups is 1. The van der Waals surface area contributed by atoms with Crippen molar-refractivity contribution < 1.29 is 41.4 Å². The van der Waals surface area contributed by atoms with Gasteiger partial charge in [-0.3, -0.25) is 29.4 Å². The molecule has 1 saturated heterocycles. The molecule has 4 rings (SSSR count). The molecule has 1 fully saturated rings. The van der Waals surface area contributed by atoms with E-state index in [2.05, 4.69) is 5.32 Å². The first-order valence-electron chi connectivity index (χ1n) is 12.6. The Labute approximate surface area is 250 Å². The first-order valence-corrected chi connectivity index (χ1v) is 14.8. The minimum atomic E-state index is -4.47. The Morgan fingerprint density at radius 2 is 1.79 bits per heavy atom. The summed E-state index contributed by atoms with van der Waals surface area (Å²) in [5.41, 5.74) is 0.739. The number of nitrogens with one attached hydrogen (secondary N) is 1. The average Bonchev–Trinajstić information content (AvgIpc) is 3.21. The van der Waals surface area contributed by atoms with Crippen molar-refractivity contribution in [3.05, 3.63) is 86.8 Å². The van der Waals surface area contributed by atoms with Crippen molar-refractivity contribution >= 4 is 56.4 Å². The first kappa shape index (κ1) is 31.1. The number of nitro benzene ring substituents is 1. The van der Waals surface area contributed by atoms with Crippen molar-refractivity contribution in [1.29, 1.82) is 0 Å². The highest BCUT2D eigenvalue weighted by Gasteiger charge is 2.36. The molecule has 15 heteroatoms. The second kappa shape index (κ2) is 13.0. The van der Waals surface area contributed by atoms with Crippen molar-refractivity contribution in [3.63, 3.8) is 0 Å². The molecule has 0 aromatic heterocycles. The van der Waals surface area contributed by atoms with Gasteiger partial charge >= 0.3 is 10.1 Å². The van der Waals surface area contributed by atoms with Crippen LogP contribution in [0.5, 0.6) is 17.2 Å². The number of thioether (sulfide) groups is 1. The van der Waals surface area contributed by atoms with Crippen molar-refractivity contribution in [2.45, 2.75) is 18.7 Å². The van der Waals surface area contributed by atoms with E-state index in [-0.39, 0.29) is 27.7 Å². The Bertz CT molecular complexity index is 1740. The lowest BCUT2D eigenvalue weighted by molar-refractivity contribution is -0.385. The minimum absolute atomic E-state index is 0.0205. The first-order chi connectivity index (χ1) is 20.4. The molecule has 0 radical (unpaired) electrons. The molecule has 3 aromatic rings. The Balaban J connectivity index is 1.47. The summed E-state index contributed by atoms with van der Waals surface area (Å²) in [4.78, 5) is 48.9. The Morgan fingerprint density at radius 3 is 2.44 bits per heavy atom. The molecule has 224 valence electrons. The third kappa shape index (κ3) is 7.31. The fourth-order valence-electron chi connectivity index (χ4n) is 3.88. The second-order valence-electron chi connectivity index (χ2n) is 8.93. The number of hydrogen-bond donors (Lipinski definition) is 1. The molecule has 1 heterocycles. The van der Waals surface area contributed by atoms with Crippen LogP contribution in [-0.2, 0) is 19.7 Å². The molecule has 0 saturated carbocycles. The zero-order valence-corrected chi connectivity index (χ0v) is 24.7. The summed E-state index contributed by atoms with van der Waals surface area (Å²) in [6, 6.07) is 14.1. The topological polar surface area (TPSA) is 171 Å². The standard InChI is InChI=1S/C28H25N3O10S2/c1-4-40-20-9-7-19(8-10-20)29-26(32)16-30-27(33)25(42-28(30)34)14-18-6-12-23(24(13-18)39-3)41-43(37,38)21-11-5-17(2)22(15-21)31(35)36/h5-15H,4,16H2,1-3H3,(H,29,32)/b25-14-. The number of aryl methyl sites for hydroxylation is 1. The normalized spacial score (nSPS) is 14.1. The molecule has 0 atom stereocenters. The van der Waals surface area contributed by atoms with Crippen molar-refractivity contribution in [2.24, 2.45) is 0 Å². The van der Waals surface area contributed by atoms with E-state index in [1.165, 1.54) is 50.4 Å². The second-order valence-corrected chi connectivity index (χ2v) is 11.5. The molecule has 0 bridgehead atoms. The quantitative estimate of drug-likeness (QED) is 0.135. The number of nitrogens with zero attached hydrogens (tertiary/aromatic N) is 2. The van der Waals surface area contributed by atoms with Gasteiger partial charge in [-0.15, -0.1) is 0 Å². The lowest BCUT2D eigenvalue weighted by Crippen LogP contribution is -2.36. The van der Waals surface area contributed by atoms with Gasteiger partial charge in [-0.25, -0.2) is 0 Å². The third-order valence-corrected chi connectivity index (χ3v) is 8.11. The molecule has 13 nitrogen and oxygen atoms in total. The summed E-state index contributed by atoms with van der Waals surface area (Å²) in [5, 5.41) is 13.2. The van der Waals surface area contributed by atoms with Crippen LogP contribution >= 0.6 is 11.8 Å². The van der Waals surface area contributed by atoms with E-state index in [1.54, 1.807) is 24.3 Å². The molecule has 1 aliphatic rings. The number of benzene rings is 3. The fraction of sp³-hybridized carbons (Fsp3) is 0.179. The van der Waals surface area contributed by atoms with Crippen LogP contribution in [0.4, 0.5) is 16.2 Å². The molecule has 0 aliphatic carbocycles. The zero-order valence-electron chi connectivity index (χ0n) is 23.1. The SMILES string of the molecule is CCOc1ccc(NC(=O)CN2C(=O)S/C(=C\c3ccc(OS(=O)(=O)c4ccc(C)c([N+](=O)[O-])c4)c(OC)c3)C2=O)cc1. The van der Waals surface area contributed by atoms with Crippen LogP contribution in [0.2, 0.25) is 0 Å². The van der Waals surface area contributed by atoms with Crippen LogP contribution in [0.15, 0.2) is 70.5 Å². The van der Waals surface area contributed by atoms with Crippen molar-refractivity contribution in [3.8, 4) is 17.2 Å². The van der Waals surface area contributed by atoms with Gasteiger partial charge in [0.05, 0.1) is 23.5 Å². The van der Waals surface area contributed by atoms with Gasteiger partial charge in [0.25, 0.3) is 16.8 Å². The number of anilines is 1. The van der Waals surface area contributed by atoms with E-state index in [9.17, 15) is 32.9 Å². The highest BCUT2D eigenvalue weighted by molar-refractivity contribution is 8.18. The van der Waals surface area contributed by atoms with Gasteiger partial charge in [0.2, 0.25) is 5.91 Å². The average molecular weight is 628 g/mol. The fourth-order valence-corrected chi connectivity index (χ4v) is 5.68. The molecule has 0 spiro atoms. The maximum atomic E-state index is 12.9. The highest BCUT2D eigenvalue weighted by Crippen LogP contribution is 2.36. The molecule has 43 heavy (non-hydrogen) atoms. The minimum Gasteiger partial charge on any atom is -0.494 e. The summed E-state index contributed by atoms with van der Waals surface area (Å²) in [7, 11) is -3.20. The van der Waals surface area contributed by atoms with E-state index in [1.807, 2.05) is 6.92 Å². The van der Waals surface area contributed by atoms with Gasteiger partial charge in [-0.2, -0.15) is 8.42 Å². The van der Waals surface area contributed by atoms with Crippen LogP contribution in [0, 0.1) is 17.0 Å². The number of ether oxygens (including phenoxy) is 2. The van der Waals surface area contributed by atoms with E-state index >= 15 is 0 Å². The lowest BCUT2D eigenvalue weighted by atomic mass is 10.2. The molecular weight excluding hydrogens is 602 g/mol. The van der Waals surface area contributed by atoms with E-state index in [0.29, 0.717) is 35.4 Å². The number of imide groups is 1. The molecule has 3 aromatic carbocycles. The molecular formula is C28H25N3O10S2. The van der Waals surface area contributed by atoms with Gasteiger partial charge in [0.1, 0.15) is 17.2 Å². The van der Waals surface area contributed by atoms with Crippen LogP contribution in [0.3, 0.4) is 0 Å². The summed E-state index contributed by atoms with van der Waals surface area (Å²) in [6.45, 7) is 3.32. The molecule has 3 amide bonds. The van der Waals surface area contributed by atoms with E-state index in [4.69, 9.17) is 13.7 Å². The van der Waals surface area contributed by atoms with E-state index < -0.39 is 43.5 Å². The van der Waals surface area contributed by atoms with Crippen LogP contribution < -0.4 is 19.0 Å². The van der Waals surface area contributed by atoms with Crippen LogP contribution in [0.1, 0.15) is 18.1 Å². The van der Waals surface area contributed by atoms with Gasteiger partial charge in [0.15, 0.2) is 11.5 Å².